The van der Waals surface area contributed by atoms with E-state index < -0.39 is 5.60 Å². The van der Waals surface area contributed by atoms with Crippen LogP contribution in [0.3, 0.4) is 0 Å². The highest BCUT2D eigenvalue weighted by Gasteiger charge is 2.48. The van der Waals surface area contributed by atoms with Gasteiger partial charge in [-0.3, -0.25) is 0 Å². The third-order valence-corrected chi connectivity index (χ3v) is 3.44. The summed E-state index contributed by atoms with van der Waals surface area (Å²) in [5.74, 6) is 0. The summed E-state index contributed by atoms with van der Waals surface area (Å²) in [7, 11) is 0. The maximum atomic E-state index is 12.1. The predicted molar refractivity (Wildman–Crippen MR) is 73.5 cm³/mol. The Morgan fingerprint density at radius 2 is 1.55 bits per heavy atom. The molecule has 2 aliphatic rings. The van der Waals surface area contributed by atoms with E-state index in [4.69, 9.17) is 9.47 Å². The van der Waals surface area contributed by atoms with Gasteiger partial charge in [0.1, 0.15) is 5.60 Å². The van der Waals surface area contributed by atoms with Gasteiger partial charge in [0.25, 0.3) is 0 Å². The van der Waals surface area contributed by atoms with Crippen LogP contribution >= 0.6 is 0 Å². The van der Waals surface area contributed by atoms with Crippen molar-refractivity contribution in [2.24, 2.45) is 0 Å². The van der Waals surface area contributed by atoms with Gasteiger partial charge in [-0.15, -0.1) is 0 Å². The van der Waals surface area contributed by atoms with E-state index in [1.165, 1.54) is 0 Å². The third-order valence-electron chi connectivity index (χ3n) is 3.44. The van der Waals surface area contributed by atoms with Crippen molar-refractivity contribution in [3.05, 3.63) is 0 Å². The Morgan fingerprint density at radius 3 is 1.95 bits per heavy atom. The largest absolute Gasteiger partial charge is 0.447 e. The molecular formula is C14H24N2O4. The Labute approximate surface area is 120 Å². The van der Waals surface area contributed by atoms with Gasteiger partial charge in [0.2, 0.25) is 0 Å². The van der Waals surface area contributed by atoms with E-state index in [0.29, 0.717) is 13.1 Å². The molecule has 114 valence electrons. The number of carbonyl (C=O) groups excluding carboxylic acids is 2. The highest BCUT2D eigenvalue weighted by atomic mass is 16.6. The molecule has 0 N–H and O–H groups in total. The summed E-state index contributed by atoms with van der Waals surface area (Å²) in [5.41, 5.74) is -0.491. The predicted octanol–water partition coefficient (Wildman–Crippen LogP) is 2.22. The van der Waals surface area contributed by atoms with E-state index in [0.717, 1.165) is 6.42 Å². The number of rotatable bonds is 1. The number of nitrogens with zero attached hydrogens (tertiary/aromatic N) is 2. The number of amides is 2. The zero-order chi connectivity index (χ0) is 15.1. The molecule has 2 amide bonds. The number of hydrogen-bond donors (Lipinski definition) is 0. The van der Waals surface area contributed by atoms with E-state index in [9.17, 15) is 9.59 Å². The lowest BCUT2D eigenvalue weighted by Gasteiger charge is -2.34. The first kappa shape index (κ1) is 14.9. The summed E-state index contributed by atoms with van der Waals surface area (Å²) in [4.78, 5) is 27.5. The molecule has 2 heterocycles. The van der Waals surface area contributed by atoms with Gasteiger partial charge in [-0.05, 0) is 41.0 Å². The van der Waals surface area contributed by atoms with Crippen molar-refractivity contribution in [3.8, 4) is 0 Å². The quantitative estimate of drug-likeness (QED) is 0.741. The summed E-state index contributed by atoms with van der Waals surface area (Å²) < 4.78 is 10.6. The molecule has 2 fully saturated rings. The second-order valence-electron chi connectivity index (χ2n) is 6.76. The molecule has 0 spiro atoms. The van der Waals surface area contributed by atoms with E-state index in [1.807, 2.05) is 34.6 Å². The fraction of sp³-hybridized carbons (Fsp3) is 0.857. The summed E-state index contributed by atoms with van der Waals surface area (Å²) in [6, 6.07) is 0.105. The monoisotopic (exact) mass is 284 g/mol. The van der Waals surface area contributed by atoms with Crippen LogP contribution in [0.1, 0.15) is 41.0 Å². The van der Waals surface area contributed by atoms with E-state index in [-0.39, 0.29) is 30.4 Å². The SMILES string of the molecule is CC(C)OC(=O)N1C[C@H]2C[C@@H]1CN2C(=O)OC(C)(C)C. The van der Waals surface area contributed by atoms with Crippen LogP contribution in [0.5, 0.6) is 0 Å². The maximum Gasteiger partial charge on any atom is 0.410 e. The van der Waals surface area contributed by atoms with Crippen LogP contribution in [0.15, 0.2) is 0 Å². The topological polar surface area (TPSA) is 59.1 Å². The van der Waals surface area contributed by atoms with E-state index >= 15 is 0 Å². The number of piperazine rings is 1. The average Bonchev–Trinajstić information content (AvgIpc) is 2.84. The zero-order valence-electron chi connectivity index (χ0n) is 12.9. The van der Waals surface area contributed by atoms with Crippen LogP contribution in [0.25, 0.3) is 0 Å². The maximum absolute atomic E-state index is 12.1. The third kappa shape index (κ3) is 3.16. The molecule has 20 heavy (non-hydrogen) atoms. The molecule has 2 aliphatic heterocycles. The van der Waals surface area contributed by atoms with Crippen LogP contribution in [-0.2, 0) is 9.47 Å². The van der Waals surface area contributed by atoms with Crippen LogP contribution < -0.4 is 0 Å². The standard InChI is InChI=1S/C14H24N2O4/c1-9(2)19-12(17)15-7-11-6-10(15)8-16(11)13(18)20-14(3,4)5/h9-11H,6-8H2,1-5H3/t10-,11-/m1/s1. The van der Waals surface area contributed by atoms with Crippen molar-refractivity contribution >= 4 is 12.2 Å². The molecule has 0 aromatic rings. The van der Waals surface area contributed by atoms with Crippen LogP contribution in [0.4, 0.5) is 9.59 Å². The molecule has 0 radical (unpaired) electrons. The summed E-state index contributed by atoms with van der Waals surface area (Å²) in [6.07, 6.45) is 0.119. The van der Waals surface area contributed by atoms with E-state index in [2.05, 4.69) is 0 Å². The van der Waals surface area contributed by atoms with Gasteiger partial charge in [0.15, 0.2) is 0 Å². The Balaban J connectivity index is 1.92. The summed E-state index contributed by atoms with van der Waals surface area (Å²) in [6.45, 7) is 10.3. The van der Waals surface area contributed by atoms with Crippen LogP contribution in [0, 0.1) is 0 Å². The normalized spacial score (nSPS) is 25.3. The second-order valence-corrected chi connectivity index (χ2v) is 6.76. The van der Waals surface area contributed by atoms with Gasteiger partial charge in [-0.25, -0.2) is 9.59 Å². The number of likely N-dealkylation sites (tertiary alicyclic amines) is 2. The van der Waals surface area contributed by atoms with Crippen molar-refractivity contribution < 1.29 is 19.1 Å². The molecular weight excluding hydrogens is 260 g/mol. The Morgan fingerprint density at radius 1 is 1.05 bits per heavy atom. The zero-order valence-corrected chi connectivity index (χ0v) is 12.9. The van der Waals surface area contributed by atoms with E-state index in [1.54, 1.807) is 9.80 Å². The van der Waals surface area contributed by atoms with Crippen molar-refractivity contribution in [2.45, 2.75) is 64.8 Å². The van der Waals surface area contributed by atoms with Crippen molar-refractivity contribution in [2.75, 3.05) is 13.1 Å². The molecule has 2 bridgehead atoms. The Kier molecular flexibility index (Phi) is 3.84. The molecule has 6 nitrogen and oxygen atoms in total. The van der Waals surface area contributed by atoms with Gasteiger partial charge in [-0.1, -0.05) is 0 Å². The van der Waals surface area contributed by atoms with Gasteiger partial charge in [0.05, 0.1) is 18.2 Å². The van der Waals surface area contributed by atoms with Crippen molar-refractivity contribution in [1.29, 1.82) is 0 Å². The van der Waals surface area contributed by atoms with Crippen LogP contribution in [0.2, 0.25) is 0 Å². The molecule has 2 saturated heterocycles. The Bertz CT molecular complexity index is 402. The minimum atomic E-state index is -0.491. The molecule has 6 heteroatoms. The first-order chi connectivity index (χ1) is 9.17. The first-order valence-electron chi connectivity index (χ1n) is 7.14. The molecule has 0 aromatic carbocycles. The minimum absolute atomic E-state index is 0.0505. The molecule has 0 saturated carbocycles. The minimum Gasteiger partial charge on any atom is -0.447 e. The molecule has 2 rings (SSSR count). The molecule has 0 unspecified atom stereocenters. The lowest BCUT2D eigenvalue weighted by atomic mass is 10.2. The van der Waals surface area contributed by atoms with Crippen LogP contribution in [-0.4, -0.2) is 58.9 Å². The Hall–Kier alpha value is -1.46. The van der Waals surface area contributed by atoms with Crippen molar-refractivity contribution in [3.63, 3.8) is 0 Å². The number of ether oxygens (including phenoxy) is 2. The fourth-order valence-corrected chi connectivity index (χ4v) is 2.70. The van der Waals surface area contributed by atoms with Gasteiger partial charge in [-0.2, -0.15) is 0 Å². The second kappa shape index (κ2) is 5.14. The smallest absolute Gasteiger partial charge is 0.410 e. The molecule has 0 aliphatic carbocycles. The highest BCUT2D eigenvalue weighted by molar-refractivity contribution is 5.72. The van der Waals surface area contributed by atoms with Gasteiger partial charge >= 0.3 is 12.2 Å². The average molecular weight is 284 g/mol. The van der Waals surface area contributed by atoms with Gasteiger partial charge < -0.3 is 19.3 Å². The molecule has 2 atom stereocenters. The fourth-order valence-electron chi connectivity index (χ4n) is 2.70. The lowest BCUT2D eigenvalue weighted by molar-refractivity contribution is 0.00955. The highest BCUT2D eigenvalue weighted by Crippen LogP contribution is 2.32. The summed E-state index contributed by atoms with van der Waals surface area (Å²) >= 11 is 0. The lowest BCUT2D eigenvalue weighted by Crippen LogP contribution is -2.52. The first-order valence-corrected chi connectivity index (χ1v) is 7.14. The molecule has 0 aromatic heterocycles. The number of carbonyl (C=O) groups is 2. The van der Waals surface area contributed by atoms with Gasteiger partial charge in [0, 0.05) is 13.1 Å². The number of fused-ring (bicyclic) bond motifs is 2. The van der Waals surface area contributed by atoms with Crippen molar-refractivity contribution in [1.82, 2.24) is 9.80 Å². The number of hydrogen-bond acceptors (Lipinski definition) is 4. The summed E-state index contributed by atoms with van der Waals surface area (Å²) in [5, 5.41) is 0.